The summed E-state index contributed by atoms with van der Waals surface area (Å²) in [6, 6.07) is 14.8. The summed E-state index contributed by atoms with van der Waals surface area (Å²) in [5, 5.41) is 30.5. The number of carboxylic acid groups (broad SMARTS) is 1. The molecule has 28 heavy (non-hydrogen) atoms. The maximum Gasteiger partial charge on any atom is 0.307 e. The van der Waals surface area contributed by atoms with Gasteiger partial charge < -0.3 is 15.5 Å². The fourth-order valence-electron chi connectivity index (χ4n) is 3.55. The number of nitrogens with one attached hydrogen (secondary N) is 1. The number of aromatic nitrogens is 2. The Bertz CT molecular complexity index is 1020. The molecule has 0 aliphatic heterocycles. The monoisotopic (exact) mass is 375 g/mol. The minimum Gasteiger partial charge on any atom is -0.506 e. The summed E-state index contributed by atoms with van der Waals surface area (Å²) in [6.45, 7) is 0. The molecule has 0 unspecified atom stereocenters. The van der Waals surface area contributed by atoms with Crippen LogP contribution in [0.15, 0.2) is 48.5 Å². The molecule has 0 fully saturated rings. The quantitative estimate of drug-likeness (QED) is 0.581. The maximum absolute atomic E-state index is 10.9. The van der Waals surface area contributed by atoms with E-state index in [-0.39, 0.29) is 12.2 Å². The molecule has 4 rings (SSSR count). The molecular weight excluding hydrogens is 354 g/mol. The number of aliphatic carboxylic acids is 1. The van der Waals surface area contributed by atoms with Crippen molar-refractivity contribution >= 4 is 17.5 Å². The number of phenolic OH excluding ortho intramolecular Hbond substituents is 1. The molecule has 3 N–H and O–H groups in total. The highest BCUT2D eigenvalue weighted by Crippen LogP contribution is 2.29. The number of carbonyl (C=O) groups is 1. The van der Waals surface area contributed by atoms with Gasteiger partial charge in [-0.25, -0.2) is 0 Å². The smallest absolute Gasteiger partial charge is 0.307 e. The van der Waals surface area contributed by atoms with E-state index >= 15 is 0 Å². The molecule has 6 heteroatoms. The van der Waals surface area contributed by atoms with Crippen molar-refractivity contribution in [2.45, 2.75) is 32.1 Å². The molecule has 0 spiro atoms. The van der Waals surface area contributed by atoms with Gasteiger partial charge in [-0.15, -0.1) is 10.2 Å². The van der Waals surface area contributed by atoms with Crippen LogP contribution in [0.1, 0.15) is 29.5 Å². The number of rotatable bonds is 5. The predicted octanol–water partition coefficient (Wildman–Crippen LogP) is 4.10. The first-order chi connectivity index (χ1) is 13.6. The van der Waals surface area contributed by atoms with E-state index in [0.717, 1.165) is 24.1 Å². The number of aryl methyl sites for hydroxylation is 2. The van der Waals surface area contributed by atoms with Gasteiger partial charge in [0.1, 0.15) is 5.75 Å². The lowest BCUT2D eigenvalue weighted by Crippen LogP contribution is -2.03. The van der Waals surface area contributed by atoms with Crippen LogP contribution in [0.2, 0.25) is 0 Å². The normalized spacial score (nSPS) is 13.0. The minimum atomic E-state index is -0.925. The van der Waals surface area contributed by atoms with Crippen molar-refractivity contribution in [3.8, 4) is 17.0 Å². The number of hydrogen-bond acceptors (Lipinski definition) is 5. The van der Waals surface area contributed by atoms with Gasteiger partial charge in [-0.3, -0.25) is 4.79 Å². The van der Waals surface area contributed by atoms with Gasteiger partial charge in [0, 0.05) is 5.56 Å². The Morgan fingerprint density at radius 3 is 2.54 bits per heavy atom. The first-order valence-corrected chi connectivity index (χ1v) is 9.35. The zero-order chi connectivity index (χ0) is 19.5. The first kappa shape index (κ1) is 18.0. The molecule has 6 nitrogen and oxygen atoms in total. The summed E-state index contributed by atoms with van der Waals surface area (Å²) in [4.78, 5) is 10.9. The Morgan fingerprint density at radius 2 is 1.79 bits per heavy atom. The fourth-order valence-corrected chi connectivity index (χ4v) is 3.55. The number of hydrogen-bond donors (Lipinski definition) is 3. The van der Waals surface area contributed by atoms with Crippen LogP contribution in [-0.2, 0) is 24.1 Å². The number of anilines is 2. The van der Waals surface area contributed by atoms with Gasteiger partial charge >= 0.3 is 5.97 Å². The van der Waals surface area contributed by atoms with E-state index in [9.17, 15) is 9.90 Å². The molecule has 2 aromatic carbocycles. The Hall–Kier alpha value is -3.41. The van der Waals surface area contributed by atoms with Gasteiger partial charge in [-0.05, 0) is 72.7 Å². The molecule has 1 aromatic heterocycles. The summed E-state index contributed by atoms with van der Waals surface area (Å²) in [5.41, 5.74) is 5.65. The van der Waals surface area contributed by atoms with E-state index in [1.165, 1.54) is 30.0 Å². The highest BCUT2D eigenvalue weighted by Gasteiger charge is 2.12. The summed E-state index contributed by atoms with van der Waals surface area (Å²) < 4.78 is 0. The van der Waals surface area contributed by atoms with Crippen LogP contribution in [0.3, 0.4) is 0 Å². The largest absolute Gasteiger partial charge is 0.506 e. The average Bonchev–Trinajstić information content (AvgIpc) is 2.70. The van der Waals surface area contributed by atoms with Crippen LogP contribution >= 0.6 is 0 Å². The Morgan fingerprint density at radius 1 is 0.964 bits per heavy atom. The van der Waals surface area contributed by atoms with Crippen molar-refractivity contribution in [1.82, 2.24) is 10.2 Å². The summed E-state index contributed by atoms with van der Waals surface area (Å²) in [5.74, 6) is -0.426. The van der Waals surface area contributed by atoms with Crippen LogP contribution in [0.5, 0.6) is 5.75 Å². The van der Waals surface area contributed by atoms with E-state index in [0.29, 0.717) is 17.1 Å². The summed E-state index contributed by atoms with van der Waals surface area (Å²) in [7, 11) is 0. The van der Waals surface area contributed by atoms with Crippen molar-refractivity contribution in [2.75, 3.05) is 5.32 Å². The lowest BCUT2D eigenvalue weighted by molar-refractivity contribution is -0.136. The van der Waals surface area contributed by atoms with Crippen LogP contribution < -0.4 is 5.32 Å². The Kier molecular flexibility index (Phi) is 4.93. The number of carboxylic acids is 1. The van der Waals surface area contributed by atoms with E-state index < -0.39 is 5.97 Å². The highest BCUT2D eigenvalue weighted by molar-refractivity contribution is 5.73. The van der Waals surface area contributed by atoms with Crippen molar-refractivity contribution in [3.63, 3.8) is 0 Å². The number of benzene rings is 2. The molecule has 142 valence electrons. The maximum atomic E-state index is 10.9. The van der Waals surface area contributed by atoms with Gasteiger partial charge in [-0.2, -0.15) is 0 Å². The standard InChI is InChI=1S/C22H21N3O3/c26-20-9-5-14(12-22(27)28)11-19(20)23-21-10-8-18(24-25-21)17-7-6-15-3-1-2-4-16(15)13-17/h5-11,13,26H,1-4,12H2,(H,23,25)(H,27,28). The van der Waals surface area contributed by atoms with Crippen LogP contribution in [0.4, 0.5) is 11.5 Å². The van der Waals surface area contributed by atoms with E-state index in [1.807, 2.05) is 6.07 Å². The number of phenols is 1. The number of fused-ring (bicyclic) bond motifs is 1. The molecule has 3 aromatic rings. The Labute approximate surface area is 162 Å². The van der Waals surface area contributed by atoms with Crippen LogP contribution in [-0.4, -0.2) is 26.4 Å². The number of aromatic hydroxyl groups is 1. The first-order valence-electron chi connectivity index (χ1n) is 9.35. The van der Waals surface area contributed by atoms with Crippen molar-refractivity contribution in [3.05, 3.63) is 65.2 Å². The predicted molar refractivity (Wildman–Crippen MR) is 107 cm³/mol. The molecule has 1 aliphatic rings. The second-order valence-corrected chi connectivity index (χ2v) is 7.04. The molecular formula is C22H21N3O3. The molecule has 0 bridgehead atoms. The number of nitrogens with zero attached hydrogens (tertiary/aromatic N) is 2. The minimum absolute atomic E-state index is 0.0229. The van der Waals surface area contributed by atoms with E-state index in [4.69, 9.17) is 5.11 Å². The van der Waals surface area contributed by atoms with E-state index in [2.05, 4.69) is 33.7 Å². The zero-order valence-corrected chi connectivity index (χ0v) is 15.4. The fraction of sp³-hybridized carbons (Fsp3) is 0.227. The topological polar surface area (TPSA) is 95.3 Å². The van der Waals surface area contributed by atoms with Gasteiger partial charge in [0.15, 0.2) is 5.82 Å². The van der Waals surface area contributed by atoms with Gasteiger partial charge in [0.2, 0.25) is 0 Å². The van der Waals surface area contributed by atoms with Gasteiger partial charge in [-0.1, -0.05) is 18.2 Å². The molecule has 0 radical (unpaired) electrons. The van der Waals surface area contributed by atoms with Gasteiger partial charge in [0.25, 0.3) is 0 Å². The highest BCUT2D eigenvalue weighted by atomic mass is 16.4. The average molecular weight is 375 g/mol. The van der Waals surface area contributed by atoms with Crippen molar-refractivity contribution < 1.29 is 15.0 Å². The molecule has 0 amide bonds. The van der Waals surface area contributed by atoms with Crippen molar-refractivity contribution in [2.24, 2.45) is 0 Å². The SMILES string of the molecule is O=C(O)Cc1ccc(O)c(Nc2ccc(-c3ccc4c(c3)CCCC4)nn2)c1. The zero-order valence-electron chi connectivity index (χ0n) is 15.4. The molecule has 0 saturated carbocycles. The van der Waals surface area contributed by atoms with Crippen molar-refractivity contribution in [1.29, 1.82) is 0 Å². The molecule has 0 saturated heterocycles. The third-order valence-corrected chi connectivity index (χ3v) is 4.99. The molecule has 1 heterocycles. The molecule has 0 atom stereocenters. The van der Waals surface area contributed by atoms with Crippen LogP contribution in [0.25, 0.3) is 11.3 Å². The second kappa shape index (κ2) is 7.68. The summed E-state index contributed by atoms with van der Waals surface area (Å²) in [6.07, 6.45) is 4.64. The lowest BCUT2D eigenvalue weighted by Gasteiger charge is -2.16. The van der Waals surface area contributed by atoms with Crippen LogP contribution in [0, 0.1) is 0 Å². The third kappa shape index (κ3) is 3.96. The summed E-state index contributed by atoms with van der Waals surface area (Å²) >= 11 is 0. The third-order valence-electron chi connectivity index (χ3n) is 4.99. The Balaban J connectivity index is 1.53. The molecule has 1 aliphatic carbocycles. The van der Waals surface area contributed by atoms with E-state index in [1.54, 1.807) is 18.2 Å². The van der Waals surface area contributed by atoms with Gasteiger partial charge in [0.05, 0.1) is 17.8 Å². The second-order valence-electron chi connectivity index (χ2n) is 7.04. The lowest BCUT2D eigenvalue weighted by atomic mass is 9.90.